The zero-order chi connectivity index (χ0) is 29.5. The molecule has 4 unspecified atom stereocenters. The highest BCUT2D eigenvalue weighted by molar-refractivity contribution is 5.94. The third kappa shape index (κ3) is 13.2. The van der Waals surface area contributed by atoms with Gasteiger partial charge in [-0.2, -0.15) is 0 Å². The van der Waals surface area contributed by atoms with E-state index >= 15 is 0 Å². The molecule has 218 valence electrons. The first-order valence-electron chi connectivity index (χ1n) is 12.4. The number of rotatable bonds is 18. The molecule has 0 bridgehead atoms. The molecule has 4 atom stereocenters. The maximum absolute atomic E-state index is 13.2. The molecule has 1 rings (SSSR count). The highest BCUT2D eigenvalue weighted by Crippen LogP contribution is 2.08. The lowest BCUT2D eigenvalue weighted by atomic mass is 10.0. The van der Waals surface area contributed by atoms with E-state index in [2.05, 4.69) is 30.9 Å². The molecule has 0 aliphatic heterocycles. The Balaban J connectivity index is 3.03. The maximum Gasteiger partial charge on any atom is 0.326 e. The molecule has 16 nitrogen and oxygen atoms in total. The molecule has 3 amide bonds. The summed E-state index contributed by atoms with van der Waals surface area (Å²) in [4.78, 5) is 72.1. The molecule has 0 radical (unpaired) electrons. The van der Waals surface area contributed by atoms with Crippen molar-refractivity contribution in [1.82, 2.24) is 25.9 Å². The summed E-state index contributed by atoms with van der Waals surface area (Å²) in [6, 6.07) is -4.82. The molecule has 1 heterocycles. The van der Waals surface area contributed by atoms with E-state index in [0.29, 0.717) is 12.1 Å². The molecular formula is C23H39N9O7. The number of H-pyrrole nitrogens is 1. The van der Waals surface area contributed by atoms with Crippen LogP contribution in [0.25, 0.3) is 0 Å². The minimum absolute atomic E-state index is 0.0450. The number of nitrogens with one attached hydrogen (secondary N) is 4. The number of nitrogens with zero attached hydrogens (tertiary/aromatic N) is 2. The van der Waals surface area contributed by atoms with Crippen LogP contribution in [0.4, 0.5) is 0 Å². The number of amides is 3. The van der Waals surface area contributed by atoms with E-state index in [0.717, 1.165) is 0 Å². The Labute approximate surface area is 225 Å². The second-order valence-corrected chi connectivity index (χ2v) is 9.42. The van der Waals surface area contributed by atoms with Crippen molar-refractivity contribution in [2.75, 3.05) is 6.54 Å². The summed E-state index contributed by atoms with van der Waals surface area (Å²) < 4.78 is 0. The average Bonchev–Trinajstić information content (AvgIpc) is 3.35. The van der Waals surface area contributed by atoms with Crippen LogP contribution in [0.15, 0.2) is 17.5 Å². The van der Waals surface area contributed by atoms with Crippen molar-refractivity contribution < 1.29 is 34.2 Å². The SMILES string of the molecule is CC(C)CC(NC(=O)C(CCC(=O)O)NC(=O)C(Cc1cnc[nH]1)NC(=O)C(N)CCCN=C(N)N)C(=O)O. The number of carboxylic acids is 2. The molecule has 1 aromatic heterocycles. The van der Waals surface area contributed by atoms with Crippen LogP contribution >= 0.6 is 0 Å². The summed E-state index contributed by atoms with van der Waals surface area (Å²) in [6.45, 7) is 3.82. The molecule has 39 heavy (non-hydrogen) atoms. The standard InChI is InChI=1S/C23H39N9O7/c1-12(2)8-17(22(38)39)32-20(36)15(5-6-18(33)34)30-21(37)16(9-13-10-27-11-29-13)31-19(35)14(24)4-3-7-28-23(25)26/h10-12,14-17H,3-9,24H2,1-2H3,(H,27,29)(H,30,37)(H,31,35)(H,32,36)(H,33,34)(H,38,39)(H4,25,26,28). The Kier molecular flexibility index (Phi) is 14.0. The molecule has 0 fully saturated rings. The van der Waals surface area contributed by atoms with Gasteiger partial charge in [0.25, 0.3) is 0 Å². The summed E-state index contributed by atoms with van der Waals surface area (Å²) in [7, 11) is 0. The number of aromatic amines is 1. The monoisotopic (exact) mass is 553 g/mol. The predicted octanol–water partition coefficient (Wildman–Crippen LogP) is -2.22. The molecule has 16 heteroatoms. The molecule has 0 spiro atoms. The number of carboxylic acid groups (broad SMARTS) is 2. The number of aliphatic carboxylic acids is 2. The van der Waals surface area contributed by atoms with Gasteiger partial charge in [-0.15, -0.1) is 0 Å². The van der Waals surface area contributed by atoms with E-state index in [4.69, 9.17) is 22.3 Å². The average molecular weight is 554 g/mol. The summed E-state index contributed by atoms with van der Waals surface area (Å²) >= 11 is 0. The van der Waals surface area contributed by atoms with Gasteiger partial charge in [0, 0.05) is 31.3 Å². The number of aromatic nitrogens is 2. The van der Waals surface area contributed by atoms with Gasteiger partial charge >= 0.3 is 11.9 Å². The van der Waals surface area contributed by atoms with Crippen molar-refractivity contribution in [3.8, 4) is 0 Å². The number of carbonyl (C=O) groups is 5. The van der Waals surface area contributed by atoms with Crippen molar-refractivity contribution >= 4 is 35.6 Å². The predicted molar refractivity (Wildman–Crippen MR) is 140 cm³/mol. The Morgan fingerprint density at radius 2 is 1.59 bits per heavy atom. The van der Waals surface area contributed by atoms with Gasteiger partial charge in [0.05, 0.1) is 12.4 Å². The third-order valence-corrected chi connectivity index (χ3v) is 5.52. The van der Waals surface area contributed by atoms with Crippen molar-refractivity contribution in [3.05, 3.63) is 18.2 Å². The second-order valence-electron chi connectivity index (χ2n) is 9.42. The maximum atomic E-state index is 13.2. The van der Waals surface area contributed by atoms with Crippen molar-refractivity contribution in [3.63, 3.8) is 0 Å². The topological polar surface area (TPSA) is 281 Å². The zero-order valence-electron chi connectivity index (χ0n) is 22.1. The molecule has 0 saturated heterocycles. The number of hydrogen-bond acceptors (Lipinski definition) is 8. The van der Waals surface area contributed by atoms with Crippen LogP contribution in [-0.2, 0) is 30.4 Å². The van der Waals surface area contributed by atoms with Crippen LogP contribution in [0.3, 0.4) is 0 Å². The lowest BCUT2D eigenvalue weighted by molar-refractivity contribution is -0.143. The number of hydrogen-bond donors (Lipinski definition) is 9. The summed E-state index contributed by atoms with van der Waals surface area (Å²) in [5, 5.41) is 25.9. The Hall–Kier alpha value is -4.21. The summed E-state index contributed by atoms with van der Waals surface area (Å²) in [6.07, 6.45) is 2.75. The molecule has 1 aromatic rings. The zero-order valence-corrected chi connectivity index (χ0v) is 22.1. The molecule has 12 N–H and O–H groups in total. The number of aliphatic imine (C=N–C) groups is 1. The summed E-state index contributed by atoms with van der Waals surface area (Å²) in [5.41, 5.74) is 17.0. The lowest BCUT2D eigenvalue weighted by Crippen LogP contribution is -2.57. The molecule has 0 saturated carbocycles. The quantitative estimate of drug-likeness (QED) is 0.0533. The Bertz CT molecular complexity index is 994. The van der Waals surface area contributed by atoms with Gasteiger partial charge in [0.2, 0.25) is 17.7 Å². The van der Waals surface area contributed by atoms with E-state index in [1.54, 1.807) is 13.8 Å². The smallest absolute Gasteiger partial charge is 0.326 e. The fourth-order valence-electron chi connectivity index (χ4n) is 3.53. The molecule has 0 aliphatic carbocycles. The highest BCUT2D eigenvalue weighted by Gasteiger charge is 2.31. The molecule has 0 aromatic carbocycles. The number of nitrogens with two attached hydrogens (primary N) is 3. The number of guanidine groups is 1. The normalized spacial score (nSPS) is 13.9. The second kappa shape index (κ2) is 16.6. The third-order valence-electron chi connectivity index (χ3n) is 5.52. The minimum Gasteiger partial charge on any atom is -0.481 e. The largest absolute Gasteiger partial charge is 0.481 e. The number of carbonyl (C=O) groups excluding carboxylic acids is 3. The van der Waals surface area contributed by atoms with Gasteiger partial charge in [-0.1, -0.05) is 13.8 Å². The van der Waals surface area contributed by atoms with Crippen molar-refractivity contribution in [2.24, 2.45) is 28.1 Å². The van der Waals surface area contributed by atoms with Crippen LogP contribution < -0.4 is 33.2 Å². The van der Waals surface area contributed by atoms with Gasteiger partial charge in [-0.05, 0) is 31.6 Å². The van der Waals surface area contributed by atoms with Gasteiger partial charge in [0.1, 0.15) is 18.1 Å². The Morgan fingerprint density at radius 1 is 0.974 bits per heavy atom. The fourth-order valence-corrected chi connectivity index (χ4v) is 3.53. The molecule has 0 aliphatic rings. The van der Waals surface area contributed by atoms with E-state index in [-0.39, 0.29) is 44.1 Å². The van der Waals surface area contributed by atoms with Crippen LogP contribution in [0.2, 0.25) is 0 Å². The van der Waals surface area contributed by atoms with Gasteiger partial charge in [-0.25, -0.2) is 9.78 Å². The summed E-state index contributed by atoms with van der Waals surface area (Å²) in [5.74, 6) is -4.94. The van der Waals surface area contributed by atoms with Crippen LogP contribution in [0.5, 0.6) is 0 Å². The van der Waals surface area contributed by atoms with Gasteiger partial charge in [-0.3, -0.25) is 24.2 Å². The van der Waals surface area contributed by atoms with Crippen LogP contribution in [-0.4, -0.2) is 86.5 Å². The minimum atomic E-state index is -1.38. The van der Waals surface area contributed by atoms with E-state index in [9.17, 15) is 29.1 Å². The van der Waals surface area contributed by atoms with E-state index in [1.807, 2.05) is 0 Å². The number of imidazole rings is 1. The lowest BCUT2D eigenvalue weighted by Gasteiger charge is -2.25. The first kappa shape index (κ1) is 32.8. The van der Waals surface area contributed by atoms with Gasteiger partial charge < -0.3 is 48.3 Å². The van der Waals surface area contributed by atoms with Crippen LogP contribution in [0, 0.1) is 5.92 Å². The first-order chi connectivity index (χ1) is 18.3. The van der Waals surface area contributed by atoms with E-state index < -0.39 is 60.2 Å². The first-order valence-corrected chi connectivity index (χ1v) is 12.4. The van der Waals surface area contributed by atoms with E-state index in [1.165, 1.54) is 12.5 Å². The Morgan fingerprint density at radius 3 is 2.13 bits per heavy atom. The van der Waals surface area contributed by atoms with Crippen LogP contribution in [0.1, 0.15) is 51.6 Å². The van der Waals surface area contributed by atoms with Gasteiger partial charge in [0.15, 0.2) is 5.96 Å². The fraction of sp³-hybridized carbons (Fsp3) is 0.609. The molecular weight excluding hydrogens is 514 g/mol. The highest BCUT2D eigenvalue weighted by atomic mass is 16.4. The van der Waals surface area contributed by atoms with Crippen molar-refractivity contribution in [1.29, 1.82) is 0 Å². The van der Waals surface area contributed by atoms with Crippen molar-refractivity contribution in [2.45, 2.75) is 76.5 Å².